The molecule has 0 saturated heterocycles. The molecule has 3 N–H and O–H groups in total. The number of carboxylic acids is 1. The summed E-state index contributed by atoms with van der Waals surface area (Å²) in [4.78, 5) is 13.1. The molecule has 1 heterocycles. The highest BCUT2D eigenvalue weighted by molar-refractivity contribution is 5.80. The van der Waals surface area contributed by atoms with Gasteiger partial charge in [0.1, 0.15) is 5.54 Å². The van der Waals surface area contributed by atoms with Crippen molar-refractivity contribution in [2.75, 3.05) is 0 Å². The number of nitrogens with zero attached hydrogens (tertiary/aromatic N) is 3. The maximum absolute atomic E-state index is 11.7. The van der Waals surface area contributed by atoms with Gasteiger partial charge in [-0.3, -0.25) is 0 Å². The van der Waals surface area contributed by atoms with Crippen molar-refractivity contribution in [2.24, 2.45) is 11.1 Å². The molecule has 2 rings (SSSR count). The van der Waals surface area contributed by atoms with Gasteiger partial charge in [-0.1, -0.05) is 32.9 Å². The second kappa shape index (κ2) is 5.29. The van der Waals surface area contributed by atoms with Crippen LogP contribution in [-0.2, 0) is 10.3 Å². The molecule has 0 aliphatic rings. The summed E-state index contributed by atoms with van der Waals surface area (Å²) in [6, 6.07) is 6.97. The molecule has 1 aromatic heterocycles. The van der Waals surface area contributed by atoms with E-state index in [-0.39, 0.29) is 5.41 Å². The summed E-state index contributed by atoms with van der Waals surface area (Å²) in [5, 5.41) is 17.6. The molecule has 6 heteroatoms. The molecule has 0 spiro atoms. The first kappa shape index (κ1) is 15.2. The Labute approximate surface area is 123 Å². The Morgan fingerprint density at radius 3 is 2.14 bits per heavy atom. The van der Waals surface area contributed by atoms with Gasteiger partial charge < -0.3 is 10.8 Å². The lowest BCUT2D eigenvalue weighted by atomic mass is 9.76. The number of aliphatic carboxylic acids is 1. The van der Waals surface area contributed by atoms with Crippen molar-refractivity contribution in [3.8, 4) is 5.69 Å². The molecule has 6 nitrogen and oxygen atoms in total. The molecular weight excluding hydrogens is 268 g/mol. The van der Waals surface area contributed by atoms with Gasteiger partial charge in [-0.25, -0.2) is 4.79 Å². The number of carboxylic acid groups (broad SMARTS) is 1. The maximum atomic E-state index is 11.7. The van der Waals surface area contributed by atoms with Gasteiger partial charge in [-0.15, -0.1) is 0 Å². The number of carbonyl (C=O) groups is 1. The van der Waals surface area contributed by atoms with Crippen molar-refractivity contribution in [3.63, 3.8) is 0 Å². The predicted octanol–water partition coefficient (Wildman–Crippen LogP) is 1.94. The third kappa shape index (κ3) is 3.28. The zero-order valence-electron chi connectivity index (χ0n) is 12.4. The van der Waals surface area contributed by atoms with Crippen LogP contribution in [-0.4, -0.2) is 26.1 Å². The second-order valence-corrected chi connectivity index (χ2v) is 6.38. The van der Waals surface area contributed by atoms with E-state index in [0.29, 0.717) is 12.0 Å². The third-order valence-corrected chi connectivity index (χ3v) is 3.22. The number of hydrogen-bond acceptors (Lipinski definition) is 4. The van der Waals surface area contributed by atoms with E-state index in [1.165, 1.54) is 4.80 Å². The molecule has 112 valence electrons. The number of aromatic nitrogens is 3. The van der Waals surface area contributed by atoms with E-state index in [2.05, 4.69) is 10.2 Å². The summed E-state index contributed by atoms with van der Waals surface area (Å²) in [6.45, 7) is 5.92. The molecule has 1 aromatic carbocycles. The first-order valence-electron chi connectivity index (χ1n) is 6.72. The smallest absolute Gasteiger partial charge is 0.328 e. The van der Waals surface area contributed by atoms with Crippen molar-refractivity contribution >= 4 is 5.97 Å². The monoisotopic (exact) mass is 288 g/mol. The first-order valence-corrected chi connectivity index (χ1v) is 6.72. The Kier molecular flexibility index (Phi) is 3.82. The summed E-state index contributed by atoms with van der Waals surface area (Å²) in [5.41, 5.74) is 5.90. The lowest BCUT2D eigenvalue weighted by Gasteiger charge is -2.32. The lowest BCUT2D eigenvalue weighted by Crippen LogP contribution is -2.47. The van der Waals surface area contributed by atoms with Crippen LogP contribution in [0.5, 0.6) is 0 Å². The molecule has 0 amide bonds. The highest BCUT2D eigenvalue weighted by Crippen LogP contribution is 2.33. The van der Waals surface area contributed by atoms with Crippen molar-refractivity contribution in [1.82, 2.24) is 15.0 Å². The van der Waals surface area contributed by atoms with E-state index >= 15 is 0 Å². The van der Waals surface area contributed by atoms with Gasteiger partial charge in [-0.2, -0.15) is 15.0 Å². The Bertz CT molecular complexity index is 614. The minimum absolute atomic E-state index is 0.199. The van der Waals surface area contributed by atoms with Crippen LogP contribution in [0.2, 0.25) is 0 Å². The standard InChI is InChI=1S/C15H20N4O2/c1-14(2,3)10-15(16,13(20)21)11-4-6-12(7-5-11)19-17-8-9-18-19/h4-9H,10,16H2,1-3H3,(H,20,21). The van der Waals surface area contributed by atoms with Crippen LogP contribution in [0.15, 0.2) is 36.7 Å². The fraction of sp³-hybridized carbons (Fsp3) is 0.400. The highest BCUT2D eigenvalue weighted by Gasteiger charge is 2.39. The Morgan fingerprint density at radius 1 is 1.19 bits per heavy atom. The molecule has 0 fully saturated rings. The van der Waals surface area contributed by atoms with Crippen molar-refractivity contribution in [1.29, 1.82) is 0 Å². The van der Waals surface area contributed by atoms with E-state index in [1.54, 1.807) is 36.7 Å². The molecule has 2 aromatic rings. The Balaban J connectivity index is 2.36. The summed E-state index contributed by atoms with van der Waals surface area (Å²) in [6.07, 6.45) is 3.50. The van der Waals surface area contributed by atoms with Crippen LogP contribution in [0.1, 0.15) is 32.8 Å². The van der Waals surface area contributed by atoms with Gasteiger partial charge in [0.15, 0.2) is 0 Å². The lowest BCUT2D eigenvalue weighted by molar-refractivity contribution is -0.145. The molecule has 1 atom stereocenters. The molecule has 0 radical (unpaired) electrons. The highest BCUT2D eigenvalue weighted by atomic mass is 16.4. The fourth-order valence-corrected chi connectivity index (χ4v) is 2.38. The van der Waals surface area contributed by atoms with Crippen molar-refractivity contribution in [3.05, 3.63) is 42.2 Å². The van der Waals surface area contributed by atoms with Crippen LogP contribution in [0.4, 0.5) is 0 Å². The molecule has 0 bridgehead atoms. The molecule has 0 aliphatic carbocycles. The van der Waals surface area contributed by atoms with E-state index in [1.807, 2.05) is 20.8 Å². The third-order valence-electron chi connectivity index (χ3n) is 3.22. The average molecular weight is 288 g/mol. The van der Waals surface area contributed by atoms with E-state index in [4.69, 9.17) is 5.73 Å². The molecule has 21 heavy (non-hydrogen) atoms. The van der Waals surface area contributed by atoms with Crippen LogP contribution in [0.3, 0.4) is 0 Å². The zero-order chi connectivity index (χ0) is 15.7. The number of nitrogens with two attached hydrogens (primary N) is 1. The van der Waals surface area contributed by atoms with Crippen molar-refractivity contribution in [2.45, 2.75) is 32.7 Å². The minimum atomic E-state index is -1.41. The topological polar surface area (TPSA) is 94.0 Å². The van der Waals surface area contributed by atoms with E-state index < -0.39 is 11.5 Å². The van der Waals surface area contributed by atoms with Crippen LogP contribution in [0, 0.1) is 5.41 Å². The quantitative estimate of drug-likeness (QED) is 0.896. The number of hydrogen-bond donors (Lipinski definition) is 2. The van der Waals surface area contributed by atoms with Gasteiger partial charge in [0, 0.05) is 0 Å². The zero-order valence-corrected chi connectivity index (χ0v) is 12.4. The molecule has 1 unspecified atom stereocenters. The predicted molar refractivity (Wildman–Crippen MR) is 78.9 cm³/mol. The van der Waals surface area contributed by atoms with Gasteiger partial charge in [0.25, 0.3) is 0 Å². The van der Waals surface area contributed by atoms with Crippen molar-refractivity contribution < 1.29 is 9.90 Å². The Morgan fingerprint density at radius 2 is 1.71 bits per heavy atom. The normalized spacial score (nSPS) is 14.7. The molecular formula is C15H20N4O2. The first-order chi connectivity index (χ1) is 9.72. The summed E-state index contributed by atoms with van der Waals surface area (Å²) < 4.78 is 0. The largest absolute Gasteiger partial charge is 0.480 e. The number of rotatable bonds is 4. The summed E-state index contributed by atoms with van der Waals surface area (Å²) >= 11 is 0. The second-order valence-electron chi connectivity index (χ2n) is 6.38. The maximum Gasteiger partial charge on any atom is 0.328 e. The average Bonchev–Trinajstić information content (AvgIpc) is 2.90. The van der Waals surface area contributed by atoms with Gasteiger partial charge in [-0.05, 0) is 29.5 Å². The van der Waals surface area contributed by atoms with Crippen LogP contribution < -0.4 is 5.73 Å². The van der Waals surface area contributed by atoms with E-state index in [9.17, 15) is 9.90 Å². The minimum Gasteiger partial charge on any atom is -0.480 e. The fourth-order valence-electron chi connectivity index (χ4n) is 2.38. The Hall–Kier alpha value is -2.21. The van der Waals surface area contributed by atoms with Crippen LogP contribution >= 0.6 is 0 Å². The summed E-state index contributed by atoms with van der Waals surface area (Å²) in [7, 11) is 0. The van der Waals surface area contributed by atoms with Gasteiger partial charge in [0.05, 0.1) is 18.1 Å². The van der Waals surface area contributed by atoms with Crippen LogP contribution in [0.25, 0.3) is 5.69 Å². The molecule has 0 saturated carbocycles. The van der Waals surface area contributed by atoms with Gasteiger partial charge >= 0.3 is 5.97 Å². The number of benzene rings is 1. The summed E-state index contributed by atoms with van der Waals surface area (Å²) in [5.74, 6) is -1.03. The van der Waals surface area contributed by atoms with E-state index in [0.717, 1.165) is 5.69 Å². The van der Waals surface area contributed by atoms with Gasteiger partial charge in [0.2, 0.25) is 0 Å². The SMILES string of the molecule is CC(C)(C)CC(N)(C(=O)O)c1ccc(-n2nccn2)cc1. The molecule has 0 aliphatic heterocycles.